The highest BCUT2D eigenvalue weighted by molar-refractivity contribution is 6.11. The summed E-state index contributed by atoms with van der Waals surface area (Å²) in [5, 5.41) is 4.84. The summed E-state index contributed by atoms with van der Waals surface area (Å²) in [6, 6.07) is 22.1. The van der Waals surface area contributed by atoms with E-state index in [0.29, 0.717) is 11.3 Å². The predicted molar refractivity (Wildman–Crippen MR) is 138 cm³/mol. The SMILES string of the molecule is COc1ccc(-c2nc(CNC(=O)/C=C/c3ccc(C(F)(F)F)cc3)cc3c2[nH]c2ccccc23)cc1. The summed E-state index contributed by atoms with van der Waals surface area (Å²) in [6.45, 7) is 0.175. The average molecular weight is 502 g/mol. The molecule has 5 aromatic rings. The molecular formula is C29H22F3N3O2. The maximum Gasteiger partial charge on any atom is 0.416 e. The van der Waals surface area contributed by atoms with E-state index in [4.69, 9.17) is 9.72 Å². The van der Waals surface area contributed by atoms with Gasteiger partial charge in [-0.2, -0.15) is 13.2 Å². The quantitative estimate of drug-likeness (QED) is 0.253. The van der Waals surface area contributed by atoms with Crippen molar-refractivity contribution >= 4 is 33.8 Å². The molecule has 3 aromatic carbocycles. The Balaban J connectivity index is 1.40. The molecule has 0 fully saturated rings. The van der Waals surface area contributed by atoms with E-state index >= 15 is 0 Å². The minimum Gasteiger partial charge on any atom is -0.497 e. The van der Waals surface area contributed by atoms with Crippen molar-refractivity contribution in [3.05, 3.63) is 102 Å². The van der Waals surface area contributed by atoms with Gasteiger partial charge in [0.2, 0.25) is 5.91 Å². The first-order chi connectivity index (χ1) is 17.8. The smallest absolute Gasteiger partial charge is 0.416 e. The lowest BCUT2D eigenvalue weighted by atomic mass is 10.1. The highest BCUT2D eigenvalue weighted by Gasteiger charge is 2.29. The molecule has 2 aromatic heterocycles. The first kappa shape index (κ1) is 24.1. The summed E-state index contributed by atoms with van der Waals surface area (Å²) in [5.74, 6) is 0.353. The highest BCUT2D eigenvalue weighted by atomic mass is 19.4. The molecule has 5 nitrogen and oxygen atoms in total. The molecule has 0 aliphatic rings. The first-order valence-corrected chi connectivity index (χ1v) is 11.5. The van der Waals surface area contributed by atoms with Gasteiger partial charge < -0.3 is 15.0 Å². The Labute approximate surface area is 210 Å². The van der Waals surface area contributed by atoms with Gasteiger partial charge in [-0.05, 0) is 60.2 Å². The molecule has 2 heterocycles. The zero-order chi connectivity index (χ0) is 26.0. The number of methoxy groups -OCH3 is 1. The Morgan fingerprint density at radius 1 is 1.00 bits per heavy atom. The van der Waals surface area contributed by atoms with Crippen LogP contribution in [-0.2, 0) is 17.5 Å². The zero-order valence-corrected chi connectivity index (χ0v) is 19.8. The van der Waals surface area contributed by atoms with Crippen LogP contribution in [0.25, 0.3) is 39.1 Å². The van der Waals surface area contributed by atoms with Crippen LogP contribution in [0.5, 0.6) is 5.75 Å². The second-order valence-corrected chi connectivity index (χ2v) is 8.45. The number of alkyl halides is 3. The van der Waals surface area contributed by atoms with Crippen molar-refractivity contribution in [1.82, 2.24) is 15.3 Å². The van der Waals surface area contributed by atoms with Crippen molar-refractivity contribution in [3.8, 4) is 17.0 Å². The van der Waals surface area contributed by atoms with Crippen LogP contribution < -0.4 is 10.1 Å². The fourth-order valence-electron chi connectivity index (χ4n) is 4.14. The molecule has 0 unspecified atom stereocenters. The summed E-state index contributed by atoms with van der Waals surface area (Å²) in [7, 11) is 1.61. The number of nitrogens with zero attached hydrogens (tertiary/aromatic N) is 1. The number of carbonyl (C=O) groups is 1. The molecule has 0 spiro atoms. The van der Waals surface area contributed by atoms with E-state index in [1.807, 2.05) is 54.6 Å². The third-order valence-corrected chi connectivity index (χ3v) is 6.02. The fraction of sp³-hybridized carbons (Fsp3) is 0.103. The molecule has 186 valence electrons. The molecular weight excluding hydrogens is 479 g/mol. The summed E-state index contributed by atoms with van der Waals surface area (Å²) >= 11 is 0. The van der Waals surface area contributed by atoms with Gasteiger partial charge in [0.05, 0.1) is 36.1 Å². The number of rotatable bonds is 6. The topological polar surface area (TPSA) is 67.0 Å². The van der Waals surface area contributed by atoms with E-state index in [1.54, 1.807) is 7.11 Å². The van der Waals surface area contributed by atoms with Gasteiger partial charge in [-0.1, -0.05) is 30.3 Å². The van der Waals surface area contributed by atoms with Gasteiger partial charge in [-0.25, -0.2) is 4.98 Å². The zero-order valence-electron chi connectivity index (χ0n) is 19.8. The Morgan fingerprint density at radius 2 is 1.73 bits per heavy atom. The van der Waals surface area contributed by atoms with E-state index in [9.17, 15) is 18.0 Å². The molecule has 0 radical (unpaired) electrons. The van der Waals surface area contributed by atoms with Gasteiger partial charge in [-0.15, -0.1) is 0 Å². The third kappa shape index (κ3) is 5.18. The van der Waals surface area contributed by atoms with Gasteiger partial charge in [0, 0.05) is 27.9 Å². The Morgan fingerprint density at radius 3 is 2.43 bits per heavy atom. The number of fused-ring (bicyclic) bond motifs is 3. The van der Waals surface area contributed by atoms with Gasteiger partial charge in [-0.3, -0.25) is 4.79 Å². The summed E-state index contributed by atoms with van der Waals surface area (Å²) in [5.41, 5.74) is 3.94. The number of hydrogen-bond acceptors (Lipinski definition) is 3. The van der Waals surface area contributed by atoms with Crippen LogP contribution in [0.1, 0.15) is 16.8 Å². The number of hydrogen-bond donors (Lipinski definition) is 2. The molecule has 0 bridgehead atoms. The standard InChI is InChI=1S/C29H22F3N3O2/c1-37-22-13-9-19(10-14-22)27-28-24(23-4-2-3-5-25(23)35-28)16-21(34-27)17-33-26(36)15-8-18-6-11-20(12-7-18)29(30,31)32/h2-16,35H,17H2,1H3,(H,33,36)/b15-8+. The molecule has 37 heavy (non-hydrogen) atoms. The van der Waals surface area contributed by atoms with Crippen LogP contribution in [0.4, 0.5) is 13.2 Å². The second kappa shape index (κ2) is 9.81. The summed E-state index contributed by atoms with van der Waals surface area (Å²) in [4.78, 5) is 20.7. The number of halogens is 3. The normalized spacial score (nSPS) is 11.9. The number of carbonyl (C=O) groups excluding carboxylic acids is 1. The lowest BCUT2D eigenvalue weighted by Crippen LogP contribution is -2.21. The molecule has 0 aliphatic carbocycles. The van der Waals surface area contributed by atoms with Crippen LogP contribution in [-0.4, -0.2) is 23.0 Å². The first-order valence-electron chi connectivity index (χ1n) is 11.5. The molecule has 0 atom stereocenters. The number of benzene rings is 3. The number of aromatic amines is 1. The molecule has 5 rings (SSSR count). The van der Waals surface area contributed by atoms with Gasteiger partial charge >= 0.3 is 6.18 Å². The number of para-hydroxylation sites is 1. The van der Waals surface area contributed by atoms with Crippen LogP contribution in [0.2, 0.25) is 0 Å². The maximum absolute atomic E-state index is 12.7. The predicted octanol–water partition coefficient (Wildman–Crippen LogP) is 6.74. The van der Waals surface area contributed by atoms with Gasteiger partial charge in [0.1, 0.15) is 5.75 Å². The number of nitrogens with one attached hydrogen (secondary N) is 2. The molecule has 0 saturated carbocycles. The van der Waals surface area contributed by atoms with Crippen molar-refractivity contribution in [2.45, 2.75) is 12.7 Å². The number of aromatic nitrogens is 2. The molecule has 0 aliphatic heterocycles. The number of amides is 1. The van der Waals surface area contributed by atoms with E-state index in [0.717, 1.165) is 50.9 Å². The Kier molecular flexibility index (Phi) is 6.40. The molecule has 0 saturated heterocycles. The molecule has 8 heteroatoms. The Hall–Kier alpha value is -4.59. The second-order valence-electron chi connectivity index (χ2n) is 8.45. The molecule has 2 N–H and O–H groups in total. The van der Waals surface area contributed by atoms with Crippen LogP contribution in [0.15, 0.2) is 84.9 Å². The number of pyridine rings is 1. The lowest BCUT2D eigenvalue weighted by molar-refractivity contribution is -0.137. The average Bonchev–Trinajstić information content (AvgIpc) is 3.29. The van der Waals surface area contributed by atoms with Crippen molar-refractivity contribution < 1.29 is 22.7 Å². The third-order valence-electron chi connectivity index (χ3n) is 6.02. The van der Waals surface area contributed by atoms with Crippen molar-refractivity contribution in [2.75, 3.05) is 7.11 Å². The van der Waals surface area contributed by atoms with Crippen molar-refractivity contribution in [2.24, 2.45) is 0 Å². The van der Waals surface area contributed by atoms with Crippen molar-refractivity contribution in [3.63, 3.8) is 0 Å². The number of H-pyrrole nitrogens is 1. The van der Waals surface area contributed by atoms with E-state index < -0.39 is 11.7 Å². The van der Waals surface area contributed by atoms with Crippen LogP contribution in [0.3, 0.4) is 0 Å². The van der Waals surface area contributed by atoms with E-state index in [1.165, 1.54) is 24.3 Å². The van der Waals surface area contributed by atoms with Crippen molar-refractivity contribution in [1.29, 1.82) is 0 Å². The van der Waals surface area contributed by atoms with E-state index in [2.05, 4.69) is 10.3 Å². The lowest BCUT2D eigenvalue weighted by Gasteiger charge is -2.09. The maximum atomic E-state index is 12.7. The van der Waals surface area contributed by atoms with Gasteiger partial charge in [0.25, 0.3) is 0 Å². The number of ether oxygens (including phenoxy) is 1. The van der Waals surface area contributed by atoms with E-state index in [-0.39, 0.29) is 12.5 Å². The largest absolute Gasteiger partial charge is 0.497 e. The summed E-state index contributed by atoms with van der Waals surface area (Å²) in [6.07, 6.45) is -1.64. The minimum atomic E-state index is -4.40. The molecule has 1 amide bonds. The van der Waals surface area contributed by atoms with Gasteiger partial charge in [0.15, 0.2) is 0 Å². The van der Waals surface area contributed by atoms with Crippen LogP contribution in [0, 0.1) is 0 Å². The fourth-order valence-corrected chi connectivity index (χ4v) is 4.14. The highest BCUT2D eigenvalue weighted by Crippen LogP contribution is 2.33. The minimum absolute atomic E-state index is 0.175. The van der Waals surface area contributed by atoms with Crippen LogP contribution >= 0.6 is 0 Å². The Bertz CT molecular complexity index is 1600. The monoisotopic (exact) mass is 501 g/mol. The summed E-state index contributed by atoms with van der Waals surface area (Å²) < 4.78 is 43.5.